The van der Waals surface area contributed by atoms with E-state index in [4.69, 9.17) is 4.42 Å². The predicted molar refractivity (Wildman–Crippen MR) is 106 cm³/mol. The summed E-state index contributed by atoms with van der Waals surface area (Å²) in [5.74, 6) is -1.73. The van der Waals surface area contributed by atoms with Gasteiger partial charge < -0.3 is 9.32 Å². The Morgan fingerprint density at radius 1 is 1.27 bits per heavy atom. The van der Waals surface area contributed by atoms with Crippen LogP contribution in [0.3, 0.4) is 0 Å². The number of carbonyl (C=O) groups is 2. The van der Waals surface area contributed by atoms with Gasteiger partial charge in [-0.2, -0.15) is 9.30 Å². The number of nitrogens with zero attached hydrogens (tertiary/aromatic N) is 4. The predicted octanol–water partition coefficient (Wildman–Crippen LogP) is -0.524. The van der Waals surface area contributed by atoms with E-state index in [2.05, 4.69) is 10.3 Å². The minimum Gasteiger partial charge on any atom is -0.408 e. The minimum atomic E-state index is -3.89. The number of benzene rings is 1. The van der Waals surface area contributed by atoms with Gasteiger partial charge in [0.1, 0.15) is 0 Å². The molecular weight excluding hydrogens is 414 g/mol. The van der Waals surface area contributed by atoms with Crippen molar-refractivity contribution in [3.05, 3.63) is 28.7 Å². The van der Waals surface area contributed by atoms with Crippen LogP contribution in [0.2, 0.25) is 0 Å². The first-order chi connectivity index (χ1) is 14.2. The van der Waals surface area contributed by atoms with Crippen molar-refractivity contribution in [2.24, 2.45) is 18.0 Å². The van der Waals surface area contributed by atoms with Crippen LogP contribution in [0, 0.1) is 5.92 Å². The summed E-state index contributed by atoms with van der Waals surface area (Å²) >= 11 is 0. The quantitative estimate of drug-likeness (QED) is 0.685. The number of amides is 2. The van der Waals surface area contributed by atoms with Gasteiger partial charge in [0, 0.05) is 33.3 Å². The van der Waals surface area contributed by atoms with Crippen LogP contribution in [0.5, 0.6) is 0 Å². The molecule has 2 aromatic rings. The molecular formula is C18H21N5O6S. The molecule has 11 nitrogen and oxygen atoms in total. The summed E-state index contributed by atoms with van der Waals surface area (Å²) < 4.78 is 33.9. The number of likely N-dealkylation sites (N-methyl/N-ethyl adjacent to an activating group) is 1. The third-order valence-electron chi connectivity index (χ3n) is 5.34. The molecule has 2 aliphatic heterocycles. The molecule has 2 saturated heterocycles. The second kappa shape index (κ2) is 7.36. The molecule has 1 N–H and O–H groups in total. The normalized spacial score (nSPS) is 22.1. The van der Waals surface area contributed by atoms with E-state index in [-0.39, 0.29) is 42.0 Å². The number of oxazole rings is 1. The van der Waals surface area contributed by atoms with Crippen molar-refractivity contribution < 1.29 is 22.4 Å². The number of hydrogen-bond donors (Lipinski definition) is 1. The van der Waals surface area contributed by atoms with Crippen LogP contribution in [-0.2, 0) is 26.7 Å². The van der Waals surface area contributed by atoms with Crippen LogP contribution in [0.25, 0.3) is 11.1 Å². The Morgan fingerprint density at radius 3 is 2.73 bits per heavy atom. The van der Waals surface area contributed by atoms with E-state index in [1.54, 1.807) is 7.05 Å². The molecule has 1 unspecified atom stereocenters. The van der Waals surface area contributed by atoms with Gasteiger partial charge in [-0.15, -0.1) is 0 Å². The van der Waals surface area contributed by atoms with Crippen molar-refractivity contribution in [1.29, 1.82) is 0 Å². The molecule has 1 aromatic carbocycles. The van der Waals surface area contributed by atoms with E-state index in [1.165, 1.54) is 39.0 Å². The Kier molecular flexibility index (Phi) is 4.98. The van der Waals surface area contributed by atoms with Crippen LogP contribution >= 0.6 is 0 Å². The van der Waals surface area contributed by atoms with Crippen LogP contribution < -0.4 is 11.1 Å². The topological polar surface area (TPSA) is 134 Å². The lowest BCUT2D eigenvalue weighted by atomic mass is 9.99. The summed E-state index contributed by atoms with van der Waals surface area (Å²) in [6.45, 7) is 0.387. The van der Waals surface area contributed by atoms with Gasteiger partial charge in [0.2, 0.25) is 21.9 Å². The van der Waals surface area contributed by atoms with Gasteiger partial charge in [0.05, 0.1) is 22.9 Å². The first-order valence-corrected chi connectivity index (χ1v) is 10.8. The van der Waals surface area contributed by atoms with E-state index in [0.29, 0.717) is 18.4 Å². The van der Waals surface area contributed by atoms with Crippen molar-refractivity contribution in [3.63, 3.8) is 0 Å². The molecule has 1 atom stereocenters. The SMILES string of the molecule is CN1CC(=O)NC1=NC(=O)C1CCCN(S(=O)(=O)c2ccc3c(c2)oc(=O)n3C)C1. The average Bonchev–Trinajstić information content (AvgIpc) is 3.18. The Balaban J connectivity index is 1.56. The lowest BCUT2D eigenvalue weighted by Crippen LogP contribution is -2.42. The zero-order chi connectivity index (χ0) is 21.6. The molecule has 0 bridgehead atoms. The first-order valence-electron chi connectivity index (χ1n) is 9.40. The van der Waals surface area contributed by atoms with Gasteiger partial charge in [-0.1, -0.05) is 0 Å². The fourth-order valence-electron chi connectivity index (χ4n) is 3.64. The molecule has 2 aliphatic rings. The summed E-state index contributed by atoms with van der Waals surface area (Å²) in [5, 5.41) is 2.51. The summed E-state index contributed by atoms with van der Waals surface area (Å²) in [6.07, 6.45) is 1.01. The lowest BCUT2D eigenvalue weighted by Gasteiger charge is -2.30. The van der Waals surface area contributed by atoms with Crippen LogP contribution in [-0.4, -0.2) is 66.6 Å². The third kappa shape index (κ3) is 3.52. The van der Waals surface area contributed by atoms with Gasteiger partial charge in [-0.3, -0.25) is 19.5 Å². The van der Waals surface area contributed by atoms with Crippen molar-refractivity contribution in [3.8, 4) is 0 Å². The van der Waals surface area contributed by atoms with Gasteiger partial charge in [-0.25, -0.2) is 13.2 Å². The van der Waals surface area contributed by atoms with E-state index in [9.17, 15) is 22.8 Å². The number of aryl methyl sites for hydroxylation is 1. The molecule has 2 amide bonds. The van der Waals surface area contributed by atoms with Gasteiger partial charge in [-0.05, 0) is 25.0 Å². The number of aliphatic imine (C=N–C) groups is 1. The maximum absolute atomic E-state index is 13.1. The van der Waals surface area contributed by atoms with E-state index in [0.717, 1.165) is 0 Å². The third-order valence-corrected chi connectivity index (χ3v) is 7.21. The first kappa shape index (κ1) is 20.3. The number of nitrogens with one attached hydrogen (secondary N) is 1. The van der Waals surface area contributed by atoms with Gasteiger partial charge >= 0.3 is 5.76 Å². The van der Waals surface area contributed by atoms with Crippen LogP contribution in [0.4, 0.5) is 0 Å². The second-order valence-electron chi connectivity index (χ2n) is 7.44. The highest BCUT2D eigenvalue weighted by atomic mass is 32.2. The molecule has 3 heterocycles. The highest BCUT2D eigenvalue weighted by Gasteiger charge is 2.34. The summed E-state index contributed by atoms with van der Waals surface area (Å²) in [7, 11) is -0.714. The Labute approximate surface area is 172 Å². The molecule has 0 spiro atoms. The molecule has 0 radical (unpaired) electrons. The number of rotatable bonds is 3. The number of carbonyl (C=O) groups excluding carboxylic acids is 2. The summed E-state index contributed by atoms with van der Waals surface area (Å²) in [6, 6.07) is 4.26. The molecule has 4 rings (SSSR count). The minimum absolute atomic E-state index is 0.00756. The smallest absolute Gasteiger partial charge is 0.408 e. The lowest BCUT2D eigenvalue weighted by molar-refractivity contribution is -0.122. The monoisotopic (exact) mass is 435 g/mol. The largest absolute Gasteiger partial charge is 0.419 e. The molecule has 0 aliphatic carbocycles. The zero-order valence-electron chi connectivity index (χ0n) is 16.5. The number of fused-ring (bicyclic) bond motifs is 1. The van der Waals surface area contributed by atoms with Gasteiger partial charge in [0.25, 0.3) is 5.91 Å². The number of piperidine rings is 1. The van der Waals surface area contributed by atoms with Crippen molar-refractivity contribution in [1.82, 2.24) is 19.1 Å². The Bertz CT molecular complexity index is 1230. The summed E-state index contributed by atoms with van der Waals surface area (Å²) in [5.41, 5.74) is 0.670. The molecule has 160 valence electrons. The van der Waals surface area contributed by atoms with Gasteiger partial charge in [0.15, 0.2) is 5.58 Å². The molecule has 12 heteroatoms. The van der Waals surface area contributed by atoms with Crippen molar-refractivity contribution in [2.75, 3.05) is 26.7 Å². The Hall–Kier alpha value is -2.99. The molecule has 0 saturated carbocycles. The Morgan fingerprint density at radius 2 is 2.03 bits per heavy atom. The van der Waals surface area contributed by atoms with E-state index < -0.39 is 27.6 Å². The van der Waals surface area contributed by atoms with E-state index >= 15 is 0 Å². The summed E-state index contributed by atoms with van der Waals surface area (Å²) in [4.78, 5) is 41.2. The van der Waals surface area contributed by atoms with Crippen LogP contribution in [0.1, 0.15) is 12.8 Å². The fraction of sp³-hybridized carbons (Fsp3) is 0.444. The highest BCUT2D eigenvalue weighted by molar-refractivity contribution is 7.89. The zero-order valence-corrected chi connectivity index (χ0v) is 17.3. The maximum Gasteiger partial charge on any atom is 0.419 e. The van der Waals surface area contributed by atoms with Crippen molar-refractivity contribution >= 4 is 38.9 Å². The maximum atomic E-state index is 13.1. The molecule has 2 fully saturated rings. The standard InChI is InChI=1S/C18H21N5O6S/c1-21-10-15(24)19-17(21)20-16(25)11-4-3-7-23(9-11)30(27,28)12-5-6-13-14(8-12)29-18(26)22(13)2/h5-6,8,11H,3-4,7,9-10H2,1-2H3,(H,19,20,24,25). The average molecular weight is 435 g/mol. The fourth-order valence-corrected chi connectivity index (χ4v) is 5.18. The van der Waals surface area contributed by atoms with Crippen LogP contribution in [0.15, 0.2) is 37.3 Å². The number of guanidine groups is 1. The second-order valence-corrected chi connectivity index (χ2v) is 9.37. The number of aromatic nitrogens is 1. The van der Waals surface area contributed by atoms with E-state index in [1.807, 2.05) is 0 Å². The highest BCUT2D eigenvalue weighted by Crippen LogP contribution is 2.26. The molecule has 1 aromatic heterocycles. The van der Waals surface area contributed by atoms with Crippen molar-refractivity contribution in [2.45, 2.75) is 17.7 Å². The molecule has 30 heavy (non-hydrogen) atoms. The number of sulfonamides is 1. The number of hydrogen-bond acceptors (Lipinski definition) is 6.